The lowest BCUT2D eigenvalue weighted by Gasteiger charge is -2.40. The van der Waals surface area contributed by atoms with Crippen molar-refractivity contribution >= 4 is 35.0 Å². The van der Waals surface area contributed by atoms with Crippen molar-refractivity contribution in [3.8, 4) is 5.75 Å². The highest BCUT2D eigenvalue weighted by Crippen LogP contribution is 2.39. The lowest BCUT2D eigenvalue weighted by atomic mass is 9.97. The highest BCUT2D eigenvalue weighted by Gasteiger charge is 2.37. The lowest BCUT2D eigenvalue weighted by Crippen LogP contribution is -2.52. The van der Waals surface area contributed by atoms with Gasteiger partial charge in [-0.1, -0.05) is 17.7 Å². The van der Waals surface area contributed by atoms with Gasteiger partial charge in [-0.05, 0) is 61.7 Å². The van der Waals surface area contributed by atoms with Crippen LogP contribution in [0.25, 0.3) is 0 Å². The Morgan fingerprint density at radius 3 is 2.50 bits per heavy atom. The van der Waals surface area contributed by atoms with Gasteiger partial charge in [-0.15, -0.1) is 0 Å². The smallest absolute Gasteiger partial charge is 0.410 e. The van der Waals surface area contributed by atoms with Crippen LogP contribution in [0.4, 0.5) is 16.2 Å². The van der Waals surface area contributed by atoms with E-state index in [0.29, 0.717) is 35.0 Å². The maximum absolute atomic E-state index is 13.2. The summed E-state index contributed by atoms with van der Waals surface area (Å²) < 4.78 is 5.64. The third-order valence-corrected chi connectivity index (χ3v) is 6.68. The van der Waals surface area contributed by atoms with Crippen molar-refractivity contribution in [1.82, 2.24) is 10.4 Å². The Balaban J connectivity index is 1.45. The number of nitrogens with zero attached hydrogens (tertiary/aromatic N) is 3. The standard InChI is InChI=1S/C24H27ClN4O3/c1-15-13-27(24(31)32-21-8-4-19(25)5-9-21)23-11-17(3-10-22(23)29(15)16(2)30)18-12-26-28(14-18)20-6-7-20/h3-5,8-11,15,18,20,26H,6-7,12-14H2,1-2H3/t15-,18?/m0/s1. The zero-order valence-electron chi connectivity index (χ0n) is 18.3. The van der Waals surface area contributed by atoms with Gasteiger partial charge in [-0.25, -0.2) is 9.80 Å². The van der Waals surface area contributed by atoms with Crippen molar-refractivity contribution in [3.63, 3.8) is 0 Å². The molecule has 0 radical (unpaired) electrons. The molecule has 2 amide bonds. The summed E-state index contributed by atoms with van der Waals surface area (Å²) in [7, 11) is 0. The summed E-state index contributed by atoms with van der Waals surface area (Å²) in [5, 5.41) is 2.91. The van der Waals surface area contributed by atoms with Crippen LogP contribution in [0.15, 0.2) is 42.5 Å². The van der Waals surface area contributed by atoms with Crippen LogP contribution in [0.3, 0.4) is 0 Å². The quantitative estimate of drug-likeness (QED) is 0.754. The van der Waals surface area contributed by atoms with Gasteiger partial charge < -0.3 is 9.64 Å². The fraction of sp³-hybridized carbons (Fsp3) is 0.417. The molecule has 7 nitrogen and oxygen atoms in total. The highest BCUT2D eigenvalue weighted by molar-refractivity contribution is 6.30. The minimum absolute atomic E-state index is 0.0420. The third kappa shape index (κ3) is 4.08. The van der Waals surface area contributed by atoms with E-state index in [9.17, 15) is 9.59 Å². The van der Waals surface area contributed by atoms with Crippen molar-refractivity contribution in [3.05, 3.63) is 53.1 Å². The van der Waals surface area contributed by atoms with Gasteiger partial charge in [-0.3, -0.25) is 15.1 Å². The average Bonchev–Trinajstić information content (AvgIpc) is 3.50. The van der Waals surface area contributed by atoms with Crippen LogP contribution in [0, 0.1) is 0 Å². The number of amides is 2. The number of anilines is 2. The summed E-state index contributed by atoms with van der Waals surface area (Å²) in [4.78, 5) is 29.0. The number of hydrogen-bond acceptors (Lipinski definition) is 5. The fourth-order valence-electron chi connectivity index (χ4n) is 4.69. The number of ether oxygens (including phenoxy) is 1. The number of fused-ring (bicyclic) bond motifs is 1. The molecule has 2 atom stereocenters. The largest absolute Gasteiger partial charge is 0.419 e. The molecule has 1 saturated heterocycles. The highest BCUT2D eigenvalue weighted by atomic mass is 35.5. The van der Waals surface area contributed by atoms with E-state index in [1.165, 1.54) is 12.8 Å². The Bertz CT molecular complexity index is 1040. The van der Waals surface area contributed by atoms with Gasteiger partial charge in [0, 0.05) is 43.5 Å². The molecule has 2 aromatic rings. The summed E-state index contributed by atoms with van der Waals surface area (Å²) in [6.45, 7) is 5.68. The molecule has 8 heteroatoms. The summed E-state index contributed by atoms with van der Waals surface area (Å²) in [5.41, 5.74) is 6.10. The second-order valence-corrected chi connectivity index (χ2v) is 9.30. The molecule has 1 N–H and O–H groups in total. The van der Waals surface area contributed by atoms with Gasteiger partial charge in [0.1, 0.15) is 5.75 Å². The van der Waals surface area contributed by atoms with E-state index in [-0.39, 0.29) is 11.9 Å². The first-order chi connectivity index (χ1) is 15.4. The third-order valence-electron chi connectivity index (χ3n) is 6.43. The zero-order valence-corrected chi connectivity index (χ0v) is 19.0. The summed E-state index contributed by atoms with van der Waals surface area (Å²) in [5.74, 6) is 0.721. The molecule has 0 bridgehead atoms. The Morgan fingerprint density at radius 1 is 1.06 bits per heavy atom. The number of halogens is 1. The van der Waals surface area contributed by atoms with Crippen LogP contribution in [0.5, 0.6) is 5.75 Å². The van der Waals surface area contributed by atoms with Crippen molar-refractivity contribution < 1.29 is 14.3 Å². The van der Waals surface area contributed by atoms with Crippen LogP contribution in [-0.2, 0) is 4.79 Å². The van der Waals surface area contributed by atoms with Crippen molar-refractivity contribution in [2.45, 2.75) is 44.7 Å². The monoisotopic (exact) mass is 454 g/mol. The van der Waals surface area contributed by atoms with Crippen molar-refractivity contribution in [2.75, 3.05) is 29.4 Å². The van der Waals surface area contributed by atoms with Gasteiger partial charge in [0.2, 0.25) is 5.91 Å². The van der Waals surface area contributed by atoms with Gasteiger partial charge >= 0.3 is 6.09 Å². The molecule has 1 saturated carbocycles. The maximum atomic E-state index is 13.2. The van der Waals surface area contributed by atoms with Gasteiger partial charge in [0.15, 0.2) is 0 Å². The number of carbonyl (C=O) groups excluding carboxylic acids is 2. The first kappa shape index (κ1) is 21.2. The molecule has 2 aliphatic heterocycles. The molecule has 0 aromatic heterocycles. The molecule has 2 aromatic carbocycles. The number of nitrogens with one attached hydrogen (secondary N) is 1. The molecular weight excluding hydrogens is 428 g/mol. The van der Waals surface area contributed by atoms with Crippen LogP contribution >= 0.6 is 11.6 Å². The van der Waals surface area contributed by atoms with E-state index in [2.05, 4.69) is 16.5 Å². The van der Waals surface area contributed by atoms with Gasteiger partial charge in [0.05, 0.1) is 17.4 Å². The van der Waals surface area contributed by atoms with E-state index in [4.69, 9.17) is 16.3 Å². The molecular formula is C24H27ClN4O3. The minimum atomic E-state index is -0.468. The SMILES string of the molecule is CC(=O)N1c2ccc(C3CNN(C4CC4)C3)cc2N(C(=O)Oc2ccc(Cl)cc2)C[C@@H]1C. The topological polar surface area (TPSA) is 65.1 Å². The van der Waals surface area contributed by atoms with E-state index >= 15 is 0 Å². The normalized spacial score (nSPS) is 23.2. The Hall–Kier alpha value is -2.61. The fourth-order valence-corrected chi connectivity index (χ4v) is 4.81. The Morgan fingerprint density at radius 2 is 1.81 bits per heavy atom. The zero-order chi connectivity index (χ0) is 22.4. The van der Waals surface area contributed by atoms with Crippen molar-refractivity contribution in [1.29, 1.82) is 0 Å². The summed E-state index contributed by atoms with van der Waals surface area (Å²) >= 11 is 5.94. The van der Waals surface area contributed by atoms with Crippen LogP contribution < -0.4 is 20.0 Å². The molecule has 2 fully saturated rings. The first-order valence-corrected chi connectivity index (χ1v) is 11.5. The Labute approximate surface area is 192 Å². The number of hydrogen-bond donors (Lipinski definition) is 1. The van der Waals surface area contributed by atoms with Crippen LogP contribution in [0.2, 0.25) is 5.02 Å². The molecule has 1 aliphatic carbocycles. The number of benzene rings is 2. The molecule has 32 heavy (non-hydrogen) atoms. The molecule has 0 spiro atoms. The number of hydrazine groups is 1. The predicted octanol–water partition coefficient (Wildman–Crippen LogP) is 4.17. The van der Waals surface area contributed by atoms with E-state index < -0.39 is 6.09 Å². The second-order valence-electron chi connectivity index (χ2n) is 8.86. The molecule has 3 aliphatic rings. The maximum Gasteiger partial charge on any atom is 0.419 e. The number of rotatable bonds is 3. The second kappa shape index (κ2) is 8.39. The Kier molecular flexibility index (Phi) is 5.57. The van der Waals surface area contributed by atoms with Gasteiger partial charge in [0.25, 0.3) is 0 Å². The average molecular weight is 455 g/mol. The van der Waals surface area contributed by atoms with E-state index in [1.807, 2.05) is 19.1 Å². The molecule has 1 unspecified atom stereocenters. The number of carbonyl (C=O) groups is 2. The molecule has 5 rings (SSSR count). The predicted molar refractivity (Wildman–Crippen MR) is 124 cm³/mol. The molecule has 168 valence electrons. The summed E-state index contributed by atoms with van der Waals surface area (Å²) in [6, 6.07) is 13.3. The summed E-state index contributed by atoms with van der Waals surface area (Å²) in [6.07, 6.45) is 2.03. The first-order valence-electron chi connectivity index (χ1n) is 11.1. The van der Waals surface area contributed by atoms with Crippen LogP contribution in [-0.4, -0.2) is 48.7 Å². The van der Waals surface area contributed by atoms with E-state index in [0.717, 1.165) is 24.3 Å². The van der Waals surface area contributed by atoms with Gasteiger partial charge in [-0.2, -0.15) is 0 Å². The van der Waals surface area contributed by atoms with Crippen LogP contribution in [0.1, 0.15) is 38.2 Å². The lowest BCUT2D eigenvalue weighted by molar-refractivity contribution is -0.117. The van der Waals surface area contributed by atoms with E-state index in [1.54, 1.807) is 41.0 Å². The van der Waals surface area contributed by atoms with Crippen molar-refractivity contribution in [2.24, 2.45) is 0 Å². The minimum Gasteiger partial charge on any atom is -0.410 e. The molecule has 2 heterocycles.